The smallest absolute Gasteiger partial charge is 0.0794 e. The number of thiazole rings is 1. The third-order valence-corrected chi connectivity index (χ3v) is 3.67. The Labute approximate surface area is 112 Å². The van der Waals surface area contributed by atoms with E-state index in [0.29, 0.717) is 6.04 Å². The summed E-state index contributed by atoms with van der Waals surface area (Å²) < 4.78 is 0. The van der Waals surface area contributed by atoms with E-state index in [-0.39, 0.29) is 0 Å². The lowest BCUT2D eigenvalue weighted by Gasteiger charge is -2.25. The van der Waals surface area contributed by atoms with Gasteiger partial charge in [-0.1, -0.05) is 12.1 Å². The normalized spacial score (nSPS) is 11.3. The van der Waals surface area contributed by atoms with Crippen molar-refractivity contribution in [3.8, 4) is 0 Å². The van der Waals surface area contributed by atoms with Crippen LogP contribution in [0.25, 0.3) is 0 Å². The molecule has 3 nitrogen and oxygen atoms in total. The number of nitrogens with zero attached hydrogens (tertiary/aromatic N) is 2. The molecule has 2 rings (SSSR count). The zero-order valence-electron chi connectivity index (χ0n) is 10.8. The number of rotatable bonds is 5. The number of nitrogens with two attached hydrogens (primary N) is 1. The lowest BCUT2D eigenvalue weighted by atomic mass is 10.1. The Bertz CT molecular complexity index is 480. The molecular weight excluding hydrogens is 242 g/mol. The average Bonchev–Trinajstić information content (AvgIpc) is 2.81. The summed E-state index contributed by atoms with van der Waals surface area (Å²) in [5, 5.41) is 0. The Hall–Kier alpha value is -1.39. The Morgan fingerprint density at radius 3 is 2.78 bits per heavy atom. The summed E-state index contributed by atoms with van der Waals surface area (Å²) in [5.41, 5.74) is 9.79. The molecule has 2 N–H and O–H groups in total. The highest BCUT2D eigenvalue weighted by Gasteiger charge is 2.11. The molecule has 0 spiro atoms. The highest BCUT2D eigenvalue weighted by molar-refractivity contribution is 7.09. The van der Waals surface area contributed by atoms with Crippen LogP contribution in [0.3, 0.4) is 0 Å². The molecule has 0 unspecified atom stereocenters. The predicted molar refractivity (Wildman–Crippen MR) is 77.4 cm³/mol. The Morgan fingerprint density at radius 2 is 2.17 bits per heavy atom. The maximum absolute atomic E-state index is 5.82. The van der Waals surface area contributed by atoms with Crippen LogP contribution < -0.4 is 5.73 Å². The monoisotopic (exact) mass is 261 g/mol. The van der Waals surface area contributed by atoms with Crippen molar-refractivity contribution in [2.24, 2.45) is 0 Å². The van der Waals surface area contributed by atoms with E-state index in [1.54, 1.807) is 11.3 Å². The third-order valence-electron chi connectivity index (χ3n) is 2.91. The van der Waals surface area contributed by atoms with Crippen LogP contribution in [0.2, 0.25) is 0 Å². The number of benzene rings is 1. The van der Waals surface area contributed by atoms with Crippen LogP contribution in [0, 0.1) is 0 Å². The van der Waals surface area contributed by atoms with Crippen molar-refractivity contribution in [1.82, 2.24) is 9.88 Å². The van der Waals surface area contributed by atoms with E-state index < -0.39 is 0 Å². The SMILES string of the molecule is CC(C)N(Cc1cccc(N)c1)Cc1cncs1. The van der Waals surface area contributed by atoms with E-state index in [9.17, 15) is 0 Å². The summed E-state index contributed by atoms with van der Waals surface area (Å²) in [7, 11) is 0. The zero-order chi connectivity index (χ0) is 13.0. The molecule has 0 saturated heterocycles. The van der Waals surface area contributed by atoms with Crippen LogP contribution in [0.5, 0.6) is 0 Å². The summed E-state index contributed by atoms with van der Waals surface area (Å²) in [6.45, 7) is 6.29. The minimum Gasteiger partial charge on any atom is -0.399 e. The van der Waals surface area contributed by atoms with Gasteiger partial charge in [-0.3, -0.25) is 9.88 Å². The molecule has 1 aromatic heterocycles. The standard InChI is InChI=1S/C14H19N3S/c1-11(2)17(9-14-7-16-10-18-14)8-12-4-3-5-13(15)6-12/h3-7,10-11H,8-9,15H2,1-2H3. The number of anilines is 1. The lowest BCUT2D eigenvalue weighted by Crippen LogP contribution is -2.29. The van der Waals surface area contributed by atoms with E-state index in [0.717, 1.165) is 18.8 Å². The van der Waals surface area contributed by atoms with Crippen LogP contribution in [0.15, 0.2) is 36.0 Å². The topological polar surface area (TPSA) is 42.1 Å². The van der Waals surface area contributed by atoms with Gasteiger partial charge in [0.2, 0.25) is 0 Å². The molecular formula is C14H19N3S. The first-order valence-corrected chi connectivity index (χ1v) is 6.99. The van der Waals surface area contributed by atoms with E-state index in [2.05, 4.69) is 29.8 Å². The fourth-order valence-electron chi connectivity index (χ4n) is 1.87. The summed E-state index contributed by atoms with van der Waals surface area (Å²) in [4.78, 5) is 7.85. The Morgan fingerprint density at radius 1 is 1.33 bits per heavy atom. The number of hydrogen-bond donors (Lipinski definition) is 1. The maximum Gasteiger partial charge on any atom is 0.0794 e. The van der Waals surface area contributed by atoms with Gasteiger partial charge in [-0.05, 0) is 31.5 Å². The van der Waals surface area contributed by atoms with Crippen molar-refractivity contribution in [3.63, 3.8) is 0 Å². The number of hydrogen-bond acceptors (Lipinski definition) is 4. The molecule has 18 heavy (non-hydrogen) atoms. The largest absolute Gasteiger partial charge is 0.399 e. The number of aromatic nitrogens is 1. The van der Waals surface area contributed by atoms with E-state index in [4.69, 9.17) is 5.73 Å². The van der Waals surface area contributed by atoms with Gasteiger partial charge in [-0.25, -0.2) is 0 Å². The molecule has 0 aliphatic heterocycles. The third kappa shape index (κ3) is 3.55. The van der Waals surface area contributed by atoms with E-state index >= 15 is 0 Å². The molecule has 0 aliphatic rings. The minimum atomic E-state index is 0.494. The average molecular weight is 261 g/mol. The fraction of sp³-hybridized carbons (Fsp3) is 0.357. The molecule has 0 fully saturated rings. The molecule has 0 saturated carbocycles. The molecule has 1 aromatic carbocycles. The summed E-state index contributed by atoms with van der Waals surface area (Å²) in [5.74, 6) is 0. The van der Waals surface area contributed by atoms with Crippen LogP contribution in [0.4, 0.5) is 5.69 Å². The molecule has 0 atom stereocenters. The molecule has 4 heteroatoms. The zero-order valence-corrected chi connectivity index (χ0v) is 11.7. The van der Waals surface area contributed by atoms with E-state index in [1.165, 1.54) is 10.4 Å². The van der Waals surface area contributed by atoms with Gasteiger partial charge in [0.15, 0.2) is 0 Å². The highest BCUT2D eigenvalue weighted by atomic mass is 32.1. The molecule has 2 aromatic rings. The highest BCUT2D eigenvalue weighted by Crippen LogP contribution is 2.16. The van der Waals surface area contributed by atoms with Crippen LogP contribution in [0.1, 0.15) is 24.3 Å². The predicted octanol–water partition coefficient (Wildman–Crippen LogP) is 3.14. The van der Waals surface area contributed by atoms with Gasteiger partial charge >= 0.3 is 0 Å². The molecule has 96 valence electrons. The molecule has 0 amide bonds. The van der Waals surface area contributed by atoms with Gasteiger partial charge in [-0.2, -0.15) is 0 Å². The molecule has 0 aliphatic carbocycles. The fourth-order valence-corrected chi connectivity index (χ4v) is 2.49. The molecule has 0 bridgehead atoms. The summed E-state index contributed by atoms with van der Waals surface area (Å²) >= 11 is 1.70. The van der Waals surface area contributed by atoms with Crippen molar-refractivity contribution < 1.29 is 0 Å². The van der Waals surface area contributed by atoms with Crippen LogP contribution in [-0.2, 0) is 13.1 Å². The van der Waals surface area contributed by atoms with Crippen molar-refractivity contribution in [2.45, 2.75) is 33.0 Å². The van der Waals surface area contributed by atoms with Crippen molar-refractivity contribution >= 4 is 17.0 Å². The molecule has 0 radical (unpaired) electrons. The first kappa shape index (κ1) is 13.1. The second-order valence-corrected chi connectivity index (χ2v) is 5.68. The Balaban J connectivity index is 2.07. The minimum absolute atomic E-state index is 0.494. The second-order valence-electron chi connectivity index (χ2n) is 4.71. The van der Waals surface area contributed by atoms with Crippen molar-refractivity contribution in [3.05, 3.63) is 46.4 Å². The van der Waals surface area contributed by atoms with Crippen molar-refractivity contribution in [1.29, 1.82) is 0 Å². The van der Waals surface area contributed by atoms with Gasteiger partial charge in [-0.15, -0.1) is 11.3 Å². The number of nitrogen functional groups attached to an aromatic ring is 1. The van der Waals surface area contributed by atoms with Crippen LogP contribution >= 0.6 is 11.3 Å². The second kappa shape index (κ2) is 5.98. The first-order chi connectivity index (χ1) is 8.65. The Kier molecular flexibility index (Phi) is 4.33. The maximum atomic E-state index is 5.82. The van der Waals surface area contributed by atoms with E-state index in [1.807, 2.05) is 29.9 Å². The van der Waals surface area contributed by atoms with Gasteiger partial charge in [0, 0.05) is 35.9 Å². The van der Waals surface area contributed by atoms with Gasteiger partial charge < -0.3 is 5.73 Å². The summed E-state index contributed by atoms with van der Waals surface area (Å²) in [6.07, 6.45) is 1.94. The quantitative estimate of drug-likeness (QED) is 0.841. The lowest BCUT2D eigenvalue weighted by molar-refractivity contribution is 0.205. The van der Waals surface area contributed by atoms with Gasteiger partial charge in [0.05, 0.1) is 5.51 Å². The first-order valence-electron chi connectivity index (χ1n) is 6.11. The summed E-state index contributed by atoms with van der Waals surface area (Å²) in [6, 6.07) is 8.59. The van der Waals surface area contributed by atoms with Gasteiger partial charge in [0.1, 0.15) is 0 Å². The van der Waals surface area contributed by atoms with Gasteiger partial charge in [0.25, 0.3) is 0 Å². The van der Waals surface area contributed by atoms with Crippen molar-refractivity contribution in [2.75, 3.05) is 5.73 Å². The molecule has 1 heterocycles. The van der Waals surface area contributed by atoms with Crippen LogP contribution in [-0.4, -0.2) is 15.9 Å².